The van der Waals surface area contributed by atoms with E-state index in [2.05, 4.69) is 4.98 Å². The van der Waals surface area contributed by atoms with Crippen LogP contribution in [0, 0.1) is 6.92 Å². The summed E-state index contributed by atoms with van der Waals surface area (Å²) in [6, 6.07) is 18.8. The van der Waals surface area contributed by atoms with Crippen LogP contribution in [0.4, 0.5) is 5.13 Å². The number of sulfone groups is 1. The largest absolute Gasteiger partial charge is 0.284 e. The van der Waals surface area contributed by atoms with E-state index < -0.39 is 9.84 Å². The van der Waals surface area contributed by atoms with Crippen molar-refractivity contribution in [3.63, 3.8) is 0 Å². The summed E-state index contributed by atoms with van der Waals surface area (Å²) in [5.74, 6) is -0.197. The van der Waals surface area contributed by atoms with Crippen molar-refractivity contribution in [3.05, 3.63) is 89.7 Å². The number of para-hydroxylation sites is 1. The molecule has 2 aromatic carbocycles. The Hall–Kier alpha value is -3.10. The van der Waals surface area contributed by atoms with Crippen molar-refractivity contribution in [3.8, 4) is 0 Å². The van der Waals surface area contributed by atoms with Crippen molar-refractivity contribution in [2.24, 2.45) is 0 Å². The van der Waals surface area contributed by atoms with Crippen LogP contribution in [0.25, 0.3) is 10.2 Å². The number of thiazole rings is 1. The highest BCUT2D eigenvalue weighted by Gasteiger charge is 2.22. The lowest BCUT2D eigenvalue weighted by molar-refractivity contribution is -0.118. The monoisotopic (exact) mass is 479 g/mol. The molecule has 33 heavy (non-hydrogen) atoms. The summed E-state index contributed by atoms with van der Waals surface area (Å²) in [7, 11) is -3.30. The summed E-state index contributed by atoms with van der Waals surface area (Å²) in [6.45, 7) is 2.33. The minimum absolute atomic E-state index is 0.0153. The number of hydrogen-bond donors (Lipinski definition) is 0. The summed E-state index contributed by atoms with van der Waals surface area (Å²) >= 11 is 1.46. The molecule has 4 aromatic rings. The Morgan fingerprint density at radius 1 is 1.00 bits per heavy atom. The molecule has 1 amide bonds. The quantitative estimate of drug-likeness (QED) is 0.340. The molecule has 0 N–H and O–H groups in total. The van der Waals surface area contributed by atoms with Crippen LogP contribution in [-0.2, 0) is 26.9 Å². The number of carbonyl (C=O) groups excluding carboxylic acids is 1. The molecule has 0 saturated heterocycles. The molecule has 0 bridgehead atoms. The third kappa shape index (κ3) is 6.03. The number of aromatic nitrogens is 2. The third-order valence-electron chi connectivity index (χ3n) is 5.28. The van der Waals surface area contributed by atoms with Gasteiger partial charge in [-0.25, -0.2) is 13.4 Å². The van der Waals surface area contributed by atoms with Crippen LogP contribution in [0.5, 0.6) is 0 Å². The predicted octanol–water partition coefficient (Wildman–Crippen LogP) is 4.93. The number of carbonyl (C=O) groups is 1. The summed E-state index contributed by atoms with van der Waals surface area (Å²) in [4.78, 5) is 23.8. The van der Waals surface area contributed by atoms with Crippen molar-refractivity contribution in [1.82, 2.24) is 9.97 Å². The normalized spacial score (nSPS) is 11.5. The number of pyridine rings is 1. The van der Waals surface area contributed by atoms with E-state index >= 15 is 0 Å². The summed E-state index contributed by atoms with van der Waals surface area (Å²) in [5, 5.41) is 0.611. The van der Waals surface area contributed by atoms with Gasteiger partial charge in [-0.1, -0.05) is 59.9 Å². The topological polar surface area (TPSA) is 80.2 Å². The molecular formula is C25H25N3O3S2. The number of anilines is 1. The summed E-state index contributed by atoms with van der Waals surface area (Å²) in [5.41, 5.74) is 3.58. The molecule has 170 valence electrons. The molecule has 2 heterocycles. The van der Waals surface area contributed by atoms with Gasteiger partial charge in [0.1, 0.15) is 0 Å². The Balaban J connectivity index is 1.49. The minimum Gasteiger partial charge on any atom is -0.284 e. The lowest BCUT2D eigenvalue weighted by Gasteiger charge is -2.20. The summed E-state index contributed by atoms with van der Waals surface area (Å²) in [6.07, 6.45) is 3.81. The van der Waals surface area contributed by atoms with Gasteiger partial charge >= 0.3 is 0 Å². The van der Waals surface area contributed by atoms with Crippen molar-refractivity contribution >= 4 is 42.4 Å². The lowest BCUT2D eigenvalue weighted by Crippen LogP contribution is -2.30. The Bertz CT molecular complexity index is 1340. The number of fused-ring (bicyclic) bond motifs is 1. The van der Waals surface area contributed by atoms with Gasteiger partial charge in [-0.15, -0.1) is 0 Å². The molecule has 0 radical (unpaired) electrons. The fourth-order valence-electron chi connectivity index (χ4n) is 3.61. The second-order valence-electron chi connectivity index (χ2n) is 7.94. The average molecular weight is 480 g/mol. The molecule has 2 aromatic heterocycles. The van der Waals surface area contributed by atoms with Gasteiger partial charge < -0.3 is 0 Å². The van der Waals surface area contributed by atoms with Crippen molar-refractivity contribution in [2.45, 2.75) is 32.1 Å². The standard InChI is InChI=1S/C25H25N3O3S2/c1-19-8-5-12-22-24(19)27-25(32-22)28(17-21-11-6-14-26-16-21)23(29)13-7-15-33(30,31)18-20-9-3-2-4-10-20/h2-6,8-12,14,16H,7,13,15,17-18H2,1H3. The highest BCUT2D eigenvalue weighted by molar-refractivity contribution is 7.90. The third-order valence-corrected chi connectivity index (χ3v) is 8.01. The first-order valence-corrected chi connectivity index (χ1v) is 13.3. The SMILES string of the molecule is Cc1cccc2sc(N(Cc3cccnc3)C(=O)CCCS(=O)(=O)Cc3ccccc3)nc12. The van der Waals surface area contributed by atoms with Crippen LogP contribution >= 0.6 is 11.3 Å². The van der Waals surface area contributed by atoms with E-state index in [1.807, 2.05) is 55.5 Å². The van der Waals surface area contributed by atoms with Gasteiger partial charge in [-0.05, 0) is 42.2 Å². The fourth-order valence-corrected chi connectivity index (χ4v) is 6.09. The number of hydrogen-bond acceptors (Lipinski definition) is 6. The molecule has 6 nitrogen and oxygen atoms in total. The second kappa shape index (κ2) is 10.2. The van der Waals surface area contributed by atoms with E-state index in [1.165, 1.54) is 11.3 Å². The summed E-state index contributed by atoms with van der Waals surface area (Å²) < 4.78 is 26.1. The maximum absolute atomic E-state index is 13.2. The molecule has 0 aliphatic carbocycles. The van der Waals surface area contributed by atoms with Gasteiger partial charge in [-0.3, -0.25) is 14.7 Å². The average Bonchev–Trinajstić information content (AvgIpc) is 3.24. The Labute approximate surface area is 197 Å². The number of aryl methyl sites for hydroxylation is 1. The van der Waals surface area contributed by atoms with E-state index in [0.29, 0.717) is 11.7 Å². The Kier molecular flexibility index (Phi) is 7.15. The maximum Gasteiger partial charge on any atom is 0.229 e. The van der Waals surface area contributed by atoms with E-state index in [0.717, 1.165) is 26.9 Å². The molecule has 0 fully saturated rings. The molecule has 0 aliphatic rings. The zero-order chi connectivity index (χ0) is 23.3. The zero-order valence-electron chi connectivity index (χ0n) is 18.3. The number of rotatable bonds is 9. The van der Waals surface area contributed by atoms with E-state index in [1.54, 1.807) is 29.4 Å². The van der Waals surface area contributed by atoms with Gasteiger partial charge in [-0.2, -0.15) is 0 Å². The first-order chi connectivity index (χ1) is 15.9. The van der Waals surface area contributed by atoms with E-state index in [9.17, 15) is 13.2 Å². The molecular weight excluding hydrogens is 454 g/mol. The maximum atomic E-state index is 13.2. The highest BCUT2D eigenvalue weighted by Crippen LogP contribution is 2.32. The molecule has 0 spiro atoms. The van der Waals surface area contributed by atoms with E-state index in [4.69, 9.17) is 4.98 Å². The van der Waals surface area contributed by atoms with Crippen LogP contribution in [0.15, 0.2) is 73.1 Å². The molecule has 0 unspecified atom stereocenters. The first kappa shape index (κ1) is 23.1. The smallest absolute Gasteiger partial charge is 0.229 e. The number of nitrogens with zero attached hydrogens (tertiary/aromatic N) is 3. The van der Waals surface area contributed by atoms with Crippen LogP contribution in [0.3, 0.4) is 0 Å². The van der Waals surface area contributed by atoms with Gasteiger partial charge in [0, 0.05) is 18.8 Å². The lowest BCUT2D eigenvalue weighted by atomic mass is 10.2. The number of amides is 1. The predicted molar refractivity (Wildman–Crippen MR) is 133 cm³/mol. The first-order valence-electron chi connectivity index (χ1n) is 10.7. The second-order valence-corrected chi connectivity index (χ2v) is 11.1. The van der Waals surface area contributed by atoms with Crippen molar-refractivity contribution in [2.75, 3.05) is 10.7 Å². The Morgan fingerprint density at radius 2 is 1.79 bits per heavy atom. The van der Waals surface area contributed by atoms with Crippen LogP contribution < -0.4 is 4.90 Å². The van der Waals surface area contributed by atoms with Gasteiger partial charge in [0.25, 0.3) is 0 Å². The number of benzene rings is 2. The van der Waals surface area contributed by atoms with Crippen LogP contribution in [-0.4, -0.2) is 30.0 Å². The van der Waals surface area contributed by atoms with Gasteiger partial charge in [0.2, 0.25) is 5.91 Å². The molecule has 4 rings (SSSR count). The van der Waals surface area contributed by atoms with Gasteiger partial charge in [0.05, 0.1) is 28.3 Å². The zero-order valence-corrected chi connectivity index (χ0v) is 20.0. The van der Waals surface area contributed by atoms with Crippen LogP contribution in [0.2, 0.25) is 0 Å². The fraction of sp³-hybridized carbons (Fsp3) is 0.240. The van der Waals surface area contributed by atoms with Crippen molar-refractivity contribution in [1.29, 1.82) is 0 Å². The van der Waals surface area contributed by atoms with Gasteiger partial charge in [0.15, 0.2) is 15.0 Å². The molecule has 0 aliphatic heterocycles. The molecule has 0 atom stereocenters. The minimum atomic E-state index is -3.30. The highest BCUT2D eigenvalue weighted by atomic mass is 32.2. The van der Waals surface area contributed by atoms with Crippen LogP contribution in [0.1, 0.15) is 29.5 Å². The van der Waals surface area contributed by atoms with E-state index in [-0.39, 0.29) is 30.3 Å². The van der Waals surface area contributed by atoms with Crippen molar-refractivity contribution < 1.29 is 13.2 Å². The Morgan fingerprint density at radius 3 is 2.52 bits per heavy atom. The molecule has 8 heteroatoms. The molecule has 0 saturated carbocycles.